The Bertz CT molecular complexity index is 379. The molecule has 0 aliphatic carbocycles. The van der Waals surface area contributed by atoms with Crippen molar-refractivity contribution in [2.75, 3.05) is 19.8 Å². The highest BCUT2D eigenvalue weighted by atomic mass is 16.5. The van der Waals surface area contributed by atoms with Crippen molar-refractivity contribution in [2.45, 2.75) is 20.3 Å². The predicted molar refractivity (Wildman–Crippen MR) is 70.6 cm³/mol. The van der Waals surface area contributed by atoms with Crippen molar-refractivity contribution in [3.8, 4) is 5.75 Å². The van der Waals surface area contributed by atoms with E-state index in [9.17, 15) is 4.79 Å². The summed E-state index contributed by atoms with van der Waals surface area (Å²) in [5, 5.41) is 11.6. The molecule has 0 saturated carbocycles. The number of amides is 1. The van der Waals surface area contributed by atoms with Gasteiger partial charge in [-0.1, -0.05) is 19.1 Å². The number of hydrogen-bond donors (Lipinski definition) is 2. The lowest BCUT2D eigenvalue weighted by molar-refractivity contribution is -0.121. The van der Waals surface area contributed by atoms with Gasteiger partial charge in [-0.3, -0.25) is 4.79 Å². The summed E-state index contributed by atoms with van der Waals surface area (Å²) in [5.41, 5.74) is 1.13. The first-order valence-corrected chi connectivity index (χ1v) is 6.19. The lowest BCUT2D eigenvalue weighted by Gasteiger charge is -2.10. The third kappa shape index (κ3) is 5.68. The van der Waals surface area contributed by atoms with Crippen LogP contribution in [0.2, 0.25) is 0 Å². The molecular weight excluding hydrogens is 230 g/mol. The highest BCUT2D eigenvalue weighted by Gasteiger charge is 2.04. The van der Waals surface area contributed by atoms with Crippen LogP contribution in [0.5, 0.6) is 5.75 Å². The lowest BCUT2D eigenvalue weighted by atomic mass is 10.2. The van der Waals surface area contributed by atoms with Gasteiger partial charge in [0.15, 0.2) is 0 Å². The second kappa shape index (κ2) is 7.71. The normalized spacial score (nSPS) is 11.9. The third-order valence-corrected chi connectivity index (χ3v) is 2.55. The maximum atomic E-state index is 11.4. The topological polar surface area (TPSA) is 58.6 Å². The van der Waals surface area contributed by atoms with Gasteiger partial charge in [-0.05, 0) is 30.5 Å². The number of aliphatic hydroxyl groups is 1. The molecule has 18 heavy (non-hydrogen) atoms. The van der Waals surface area contributed by atoms with Crippen LogP contribution in [0, 0.1) is 12.8 Å². The first-order valence-electron chi connectivity index (χ1n) is 6.19. The summed E-state index contributed by atoms with van der Waals surface area (Å²) in [7, 11) is 0. The molecule has 0 bridgehead atoms. The first kappa shape index (κ1) is 14.5. The van der Waals surface area contributed by atoms with E-state index in [1.165, 1.54) is 0 Å². The third-order valence-electron chi connectivity index (χ3n) is 2.55. The Labute approximate surface area is 108 Å². The Morgan fingerprint density at radius 3 is 2.94 bits per heavy atom. The van der Waals surface area contributed by atoms with Crippen molar-refractivity contribution in [1.82, 2.24) is 5.32 Å². The van der Waals surface area contributed by atoms with Crippen LogP contribution in [-0.4, -0.2) is 30.8 Å². The highest BCUT2D eigenvalue weighted by molar-refractivity contribution is 5.75. The molecule has 4 nitrogen and oxygen atoms in total. The molecule has 0 spiro atoms. The molecule has 0 saturated heterocycles. The van der Waals surface area contributed by atoms with Gasteiger partial charge in [-0.25, -0.2) is 0 Å². The van der Waals surface area contributed by atoms with Crippen LogP contribution < -0.4 is 10.1 Å². The van der Waals surface area contributed by atoms with Crippen molar-refractivity contribution < 1.29 is 14.6 Å². The van der Waals surface area contributed by atoms with E-state index in [2.05, 4.69) is 5.32 Å². The van der Waals surface area contributed by atoms with E-state index in [0.717, 1.165) is 11.3 Å². The van der Waals surface area contributed by atoms with Crippen molar-refractivity contribution >= 4 is 5.91 Å². The summed E-state index contributed by atoms with van der Waals surface area (Å²) in [4.78, 5) is 11.4. The fourth-order valence-corrected chi connectivity index (χ4v) is 1.41. The molecular formula is C14H21NO3. The minimum absolute atomic E-state index is 0.0528. The Morgan fingerprint density at radius 2 is 2.28 bits per heavy atom. The minimum atomic E-state index is -0.0528. The van der Waals surface area contributed by atoms with Crippen LogP contribution in [0.4, 0.5) is 0 Å². The van der Waals surface area contributed by atoms with E-state index >= 15 is 0 Å². The van der Waals surface area contributed by atoms with Crippen molar-refractivity contribution in [2.24, 2.45) is 5.92 Å². The molecule has 0 aliphatic rings. The molecule has 1 aromatic carbocycles. The smallest absolute Gasteiger partial charge is 0.223 e. The summed E-state index contributed by atoms with van der Waals surface area (Å²) < 4.78 is 5.48. The van der Waals surface area contributed by atoms with E-state index in [1.54, 1.807) is 0 Å². The van der Waals surface area contributed by atoms with Gasteiger partial charge in [0, 0.05) is 13.2 Å². The van der Waals surface area contributed by atoms with Crippen molar-refractivity contribution in [3.05, 3.63) is 29.8 Å². The molecule has 2 N–H and O–H groups in total. The molecule has 1 unspecified atom stereocenters. The van der Waals surface area contributed by atoms with Crippen LogP contribution in [0.25, 0.3) is 0 Å². The molecule has 0 heterocycles. The van der Waals surface area contributed by atoms with Gasteiger partial charge in [-0.15, -0.1) is 0 Å². The lowest BCUT2D eigenvalue weighted by Crippen LogP contribution is -2.30. The van der Waals surface area contributed by atoms with E-state index in [4.69, 9.17) is 9.84 Å². The Balaban J connectivity index is 2.19. The maximum Gasteiger partial charge on any atom is 0.223 e. The Hall–Kier alpha value is -1.55. The Kier molecular flexibility index (Phi) is 6.22. The van der Waals surface area contributed by atoms with Gasteiger partial charge in [0.1, 0.15) is 5.75 Å². The molecule has 1 rings (SSSR count). The monoisotopic (exact) mass is 251 g/mol. The summed E-state index contributed by atoms with van der Waals surface area (Å²) >= 11 is 0. The summed E-state index contributed by atoms with van der Waals surface area (Å²) in [5.74, 6) is 0.820. The number of ether oxygens (including phenoxy) is 1. The standard InChI is InChI=1S/C14H21NO3/c1-11-4-3-5-13(8-11)18-7-6-14(17)15-9-12(2)10-16/h3-5,8,12,16H,6-7,9-10H2,1-2H3,(H,15,17). The number of carbonyl (C=O) groups excluding carboxylic acids is 1. The van der Waals surface area contributed by atoms with Gasteiger partial charge in [-0.2, -0.15) is 0 Å². The molecule has 0 aliphatic heterocycles. The predicted octanol–water partition coefficient (Wildman–Crippen LogP) is 1.51. The maximum absolute atomic E-state index is 11.4. The summed E-state index contributed by atoms with van der Waals surface area (Å²) in [6.07, 6.45) is 0.325. The zero-order valence-corrected chi connectivity index (χ0v) is 11.0. The van der Waals surface area contributed by atoms with E-state index in [1.807, 2.05) is 38.1 Å². The molecule has 0 aromatic heterocycles. The molecule has 100 valence electrons. The SMILES string of the molecule is Cc1cccc(OCCC(=O)NCC(C)CO)c1. The van der Waals surface area contributed by atoms with E-state index in [0.29, 0.717) is 19.6 Å². The fourth-order valence-electron chi connectivity index (χ4n) is 1.41. The number of carbonyl (C=O) groups is 1. The summed E-state index contributed by atoms with van der Waals surface area (Å²) in [6, 6.07) is 7.73. The van der Waals surface area contributed by atoms with Crippen LogP contribution in [-0.2, 0) is 4.79 Å². The first-order chi connectivity index (χ1) is 8.61. The average molecular weight is 251 g/mol. The van der Waals surface area contributed by atoms with Gasteiger partial charge in [0.2, 0.25) is 5.91 Å². The number of rotatable bonds is 7. The molecule has 0 fully saturated rings. The quantitative estimate of drug-likeness (QED) is 0.772. The zero-order valence-electron chi connectivity index (χ0n) is 11.0. The Morgan fingerprint density at radius 1 is 1.50 bits per heavy atom. The second-order valence-electron chi connectivity index (χ2n) is 4.51. The average Bonchev–Trinajstić information content (AvgIpc) is 2.36. The van der Waals surface area contributed by atoms with Crippen LogP contribution in [0.3, 0.4) is 0 Å². The van der Waals surface area contributed by atoms with Gasteiger partial charge in [0.05, 0.1) is 13.0 Å². The van der Waals surface area contributed by atoms with Gasteiger partial charge in [0.25, 0.3) is 0 Å². The number of benzene rings is 1. The van der Waals surface area contributed by atoms with E-state index < -0.39 is 0 Å². The summed E-state index contributed by atoms with van der Waals surface area (Å²) in [6.45, 7) is 4.82. The minimum Gasteiger partial charge on any atom is -0.493 e. The van der Waals surface area contributed by atoms with Crippen LogP contribution in [0.1, 0.15) is 18.9 Å². The van der Waals surface area contributed by atoms with Crippen LogP contribution >= 0.6 is 0 Å². The van der Waals surface area contributed by atoms with Gasteiger partial charge >= 0.3 is 0 Å². The van der Waals surface area contributed by atoms with Crippen molar-refractivity contribution in [1.29, 1.82) is 0 Å². The van der Waals surface area contributed by atoms with E-state index in [-0.39, 0.29) is 18.4 Å². The van der Waals surface area contributed by atoms with Crippen LogP contribution in [0.15, 0.2) is 24.3 Å². The van der Waals surface area contributed by atoms with Crippen molar-refractivity contribution in [3.63, 3.8) is 0 Å². The number of hydrogen-bond acceptors (Lipinski definition) is 3. The molecule has 1 atom stereocenters. The zero-order chi connectivity index (χ0) is 13.4. The second-order valence-corrected chi connectivity index (χ2v) is 4.51. The molecule has 1 aromatic rings. The molecule has 1 amide bonds. The largest absolute Gasteiger partial charge is 0.493 e. The fraction of sp³-hybridized carbons (Fsp3) is 0.500. The molecule has 0 radical (unpaired) electrons. The number of nitrogens with one attached hydrogen (secondary N) is 1. The van der Waals surface area contributed by atoms with Gasteiger partial charge < -0.3 is 15.2 Å². The molecule has 4 heteroatoms. The number of aryl methyl sites for hydroxylation is 1. The number of aliphatic hydroxyl groups excluding tert-OH is 1. The highest BCUT2D eigenvalue weighted by Crippen LogP contribution is 2.12.